The standard InChI is InChI=1S/C56H58N6O9/c1-3-26-61(55(71)35(2)58-54(70)40(34-63)28-42(64)21-22-51(68)69)33-49(66)59-47(29-39-15-9-14-36-13-7-8-16-43(36)39)48(65)31-56(24-10-25-56)41-19-17-38(18-20-41)52-44(37-11-5-4-6-12-37)30-45-46(60-52)23-27-62-50(67)32-57-53(45)62/h4-9,11-20,23,27,30,35,40,47,63H,3,10,21-22,24-26,28-29,31-34H2,1-2H3,(H,58,70)(H,59,66)(H,68,69)/t35-,40+,47+/m1/s1. The predicted molar refractivity (Wildman–Crippen MR) is 269 cm³/mol. The maximum absolute atomic E-state index is 14.9. The van der Waals surface area contributed by atoms with Crippen molar-refractivity contribution in [1.29, 1.82) is 0 Å². The molecule has 3 heterocycles. The fraction of sp³-hybridized carbons (Fsp3) is 0.339. The molecule has 1 aliphatic carbocycles. The molecule has 3 aliphatic rings. The fourth-order valence-corrected chi connectivity index (χ4v) is 9.84. The normalized spacial score (nSPS) is 15.6. The Balaban J connectivity index is 1.01. The number of amides is 4. The number of nitrogens with zero attached hydrogens (tertiary/aromatic N) is 4. The summed E-state index contributed by atoms with van der Waals surface area (Å²) < 4.78 is 0. The third-order valence-electron chi connectivity index (χ3n) is 13.8. The molecule has 2 aliphatic heterocycles. The van der Waals surface area contributed by atoms with Gasteiger partial charge >= 0.3 is 5.97 Å². The van der Waals surface area contributed by atoms with Crippen molar-refractivity contribution >= 4 is 63.8 Å². The summed E-state index contributed by atoms with van der Waals surface area (Å²) in [5.74, 6) is -4.37. The summed E-state index contributed by atoms with van der Waals surface area (Å²) in [5, 5.41) is 26.3. The van der Waals surface area contributed by atoms with Crippen molar-refractivity contribution in [3.05, 3.63) is 132 Å². The fourth-order valence-electron chi connectivity index (χ4n) is 9.84. The lowest BCUT2D eigenvalue weighted by atomic mass is 9.61. The number of aliphatic carboxylic acids is 1. The lowest BCUT2D eigenvalue weighted by molar-refractivity contribution is -0.141. The lowest BCUT2D eigenvalue weighted by Crippen LogP contribution is -2.53. The number of benzene rings is 4. The summed E-state index contributed by atoms with van der Waals surface area (Å²) in [5.41, 5.74) is 6.42. The van der Waals surface area contributed by atoms with Crippen LogP contribution in [0.2, 0.25) is 0 Å². The Labute approximate surface area is 412 Å². The van der Waals surface area contributed by atoms with Crippen LogP contribution < -0.4 is 10.6 Å². The molecule has 0 bridgehead atoms. The van der Waals surface area contributed by atoms with Crippen LogP contribution in [0, 0.1) is 5.92 Å². The molecule has 366 valence electrons. The summed E-state index contributed by atoms with van der Waals surface area (Å²) in [4.78, 5) is 104. The lowest BCUT2D eigenvalue weighted by Gasteiger charge is -2.43. The molecule has 0 radical (unpaired) electrons. The Hall–Kier alpha value is -7.65. The Morgan fingerprint density at radius 2 is 1.59 bits per heavy atom. The van der Waals surface area contributed by atoms with Gasteiger partial charge in [0.15, 0.2) is 5.78 Å². The molecule has 3 atom stereocenters. The number of hydrogen-bond acceptors (Lipinski definition) is 10. The predicted octanol–water partition coefficient (Wildman–Crippen LogP) is 6.43. The van der Waals surface area contributed by atoms with Gasteiger partial charge in [-0.3, -0.25) is 43.5 Å². The molecule has 15 nitrogen and oxygen atoms in total. The molecule has 0 saturated heterocycles. The zero-order valence-electron chi connectivity index (χ0n) is 39.9. The quantitative estimate of drug-likeness (QED) is 0.0597. The first-order chi connectivity index (χ1) is 34.3. The van der Waals surface area contributed by atoms with E-state index in [0.29, 0.717) is 18.0 Å². The molecule has 0 spiro atoms. The van der Waals surface area contributed by atoms with Crippen LogP contribution in [0.5, 0.6) is 0 Å². The number of aliphatic imine (C=N–C) groups is 1. The van der Waals surface area contributed by atoms with Crippen LogP contribution in [-0.4, -0.2) is 110 Å². The summed E-state index contributed by atoms with van der Waals surface area (Å²) in [6.45, 7) is 2.47. The number of pyridine rings is 1. The molecule has 5 aromatic rings. The number of amidine groups is 1. The topological polar surface area (TPSA) is 216 Å². The number of fused-ring (bicyclic) bond motifs is 4. The minimum absolute atomic E-state index is 0.0885. The monoisotopic (exact) mass is 958 g/mol. The average molecular weight is 959 g/mol. The number of aliphatic hydroxyl groups excluding tert-OH is 1. The molecule has 1 fully saturated rings. The SMILES string of the molecule is CCCN(CC(=O)N[C@@H](Cc1cccc2ccccc12)C(=O)CC1(c2ccc(-c3nc4c(cc3-c3ccccc3)C3=NCC(=O)N3C=C4)cc2)CCC1)C(=O)[C@@H](C)NC(=O)[C@H](CO)CC(=O)CCC(=O)O. The van der Waals surface area contributed by atoms with Gasteiger partial charge in [-0.2, -0.15) is 0 Å². The van der Waals surface area contributed by atoms with Crippen molar-refractivity contribution in [3.8, 4) is 22.4 Å². The average Bonchev–Trinajstić information content (AvgIpc) is 3.75. The van der Waals surface area contributed by atoms with Crippen molar-refractivity contribution in [2.45, 2.75) is 89.1 Å². The number of rotatable bonds is 22. The third kappa shape index (κ3) is 11.2. The van der Waals surface area contributed by atoms with Gasteiger partial charge in [0.1, 0.15) is 24.2 Å². The summed E-state index contributed by atoms with van der Waals surface area (Å²) in [6.07, 6.45) is 5.81. The highest BCUT2D eigenvalue weighted by molar-refractivity contribution is 6.16. The van der Waals surface area contributed by atoms with Crippen LogP contribution >= 0.6 is 0 Å². The second-order valence-corrected chi connectivity index (χ2v) is 18.7. The molecule has 8 rings (SSSR count). The highest BCUT2D eigenvalue weighted by Crippen LogP contribution is 2.48. The first-order valence-electron chi connectivity index (χ1n) is 24.3. The number of nitrogens with one attached hydrogen (secondary N) is 2. The van der Waals surface area contributed by atoms with E-state index in [1.54, 1.807) is 11.1 Å². The zero-order valence-corrected chi connectivity index (χ0v) is 39.9. The van der Waals surface area contributed by atoms with E-state index in [1.165, 1.54) is 11.8 Å². The number of hydrogen-bond donors (Lipinski definition) is 4. The maximum Gasteiger partial charge on any atom is 0.303 e. The van der Waals surface area contributed by atoms with Gasteiger partial charge in [-0.05, 0) is 65.8 Å². The minimum atomic E-state index is -1.19. The molecular formula is C56H58N6O9. The third-order valence-corrected chi connectivity index (χ3v) is 13.8. The number of aliphatic hydroxyl groups is 1. The number of Topliss-reactive ketones (excluding diaryl/α,β-unsaturated/α-hetero) is 2. The molecule has 4 N–H and O–H groups in total. The van der Waals surface area contributed by atoms with Gasteiger partial charge in [-0.1, -0.05) is 110 Å². The first-order valence-corrected chi connectivity index (χ1v) is 24.3. The Kier molecular flexibility index (Phi) is 15.4. The van der Waals surface area contributed by atoms with Crippen LogP contribution in [0.1, 0.15) is 87.6 Å². The number of ketones is 2. The number of carboxylic acid groups (broad SMARTS) is 1. The molecule has 0 unspecified atom stereocenters. The zero-order chi connectivity index (χ0) is 50.2. The van der Waals surface area contributed by atoms with E-state index in [1.807, 2.05) is 97.9 Å². The molecule has 4 aromatic carbocycles. The first kappa shape index (κ1) is 49.8. The molecule has 1 aromatic heterocycles. The van der Waals surface area contributed by atoms with Gasteiger partial charge in [0.2, 0.25) is 17.7 Å². The van der Waals surface area contributed by atoms with Crippen molar-refractivity contribution in [2.75, 3.05) is 26.2 Å². The van der Waals surface area contributed by atoms with Crippen LogP contribution in [0.3, 0.4) is 0 Å². The van der Waals surface area contributed by atoms with E-state index >= 15 is 0 Å². The van der Waals surface area contributed by atoms with Gasteiger partial charge < -0.3 is 25.7 Å². The van der Waals surface area contributed by atoms with E-state index in [0.717, 1.165) is 69.1 Å². The van der Waals surface area contributed by atoms with E-state index < -0.39 is 78.9 Å². The number of carbonyl (C=O) groups excluding carboxylic acids is 6. The molecule has 15 heteroatoms. The number of aromatic nitrogens is 1. The second-order valence-electron chi connectivity index (χ2n) is 18.7. The number of carbonyl (C=O) groups is 7. The van der Waals surface area contributed by atoms with Crippen LogP contribution in [0.15, 0.2) is 114 Å². The van der Waals surface area contributed by atoms with Gasteiger partial charge in [0.25, 0.3) is 5.91 Å². The molecule has 1 saturated carbocycles. The molecular weight excluding hydrogens is 901 g/mol. The van der Waals surface area contributed by atoms with Crippen LogP contribution in [0.25, 0.3) is 39.2 Å². The second kappa shape index (κ2) is 22.0. The largest absolute Gasteiger partial charge is 0.481 e. The Bertz CT molecular complexity index is 2920. The molecule has 4 amide bonds. The van der Waals surface area contributed by atoms with Gasteiger partial charge in [-0.25, -0.2) is 4.98 Å². The Morgan fingerprint density at radius 3 is 2.30 bits per heavy atom. The van der Waals surface area contributed by atoms with E-state index in [4.69, 9.17) is 10.1 Å². The van der Waals surface area contributed by atoms with Gasteiger partial charge in [0, 0.05) is 60.5 Å². The number of carboxylic acids is 1. The summed E-state index contributed by atoms with van der Waals surface area (Å²) in [6, 6.07) is 31.9. The van der Waals surface area contributed by atoms with E-state index in [9.17, 15) is 38.7 Å². The summed E-state index contributed by atoms with van der Waals surface area (Å²) in [7, 11) is 0. The van der Waals surface area contributed by atoms with Crippen molar-refractivity contribution < 1.29 is 43.8 Å². The van der Waals surface area contributed by atoms with Gasteiger partial charge in [0.05, 0.1) is 42.9 Å². The van der Waals surface area contributed by atoms with Crippen LogP contribution in [-0.2, 0) is 45.4 Å². The van der Waals surface area contributed by atoms with Crippen molar-refractivity contribution in [2.24, 2.45) is 10.9 Å². The van der Waals surface area contributed by atoms with E-state index in [-0.39, 0.29) is 44.0 Å². The van der Waals surface area contributed by atoms with Crippen molar-refractivity contribution in [1.82, 2.24) is 25.4 Å². The maximum atomic E-state index is 14.9. The smallest absolute Gasteiger partial charge is 0.303 e. The molecule has 71 heavy (non-hydrogen) atoms. The van der Waals surface area contributed by atoms with Crippen LogP contribution in [0.4, 0.5) is 0 Å². The highest BCUT2D eigenvalue weighted by Gasteiger charge is 2.42. The Morgan fingerprint density at radius 1 is 0.859 bits per heavy atom. The minimum Gasteiger partial charge on any atom is -0.481 e. The van der Waals surface area contributed by atoms with Gasteiger partial charge in [-0.15, -0.1) is 0 Å². The summed E-state index contributed by atoms with van der Waals surface area (Å²) >= 11 is 0. The highest BCUT2D eigenvalue weighted by atomic mass is 16.4. The van der Waals surface area contributed by atoms with E-state index in [2.05, 4.69) is 33.8 Å². The van der Waals surface area contributed by atoms with Crippen molar-refractivity contribution in [3.63, 3.8) is 0 Å².